The molecule has 0 aliphatic carbocycles. The highest BCUT2D eigenvalue weighted by molar-refractivity contribution is 7.89. The van der Waals surface area contributed by atoms with Gasteiger partial charge in [0, 0.05) is 32.1 Å². The maximum absolute atomic E-state index is 13.2. The van der Waals surface area contributed by atoms with Crippen molar-refractivity contribution in [3.63, 3.8) is 0 Å². The van der Waals surface area contributed by atoms with Crippen LogP contribution in [0.3, 0.4) is 0 Å². The number of carbonyl (C=O) groups is 2. The fraction of sp³-hybridized carbons (Fsp3) is 0.240. The number of hydrogen-bond acceptors (Lipinski definition) is 6. The maximum atomic E-state index is 13.2. The zero-order chi connectivity index (χ0) is 26.5. The van der Waals surface area contributed by atoms with Crippen molar-refractivity contribution in [1.82, 2.24) is 9.21 Å². The van der Waals surface area contributed by atoms with Crippen LogP contribution in [0.2, 0.25) is 0 Å². The first-order chi connectivity index (χ1) is 17.0. The molecular weight excluding hydrogens is 484 g/mol. The summed E-state index contributed by atoms with van der Waals surface area (Å²) in [6, 6.07) is 17.5. The Bertz CT molecular complexity index is 1390. The molecule has 1 amide bonds. The van der Waals surface area contributed by atoms with Gasteiger partial charge in [0.2, 0.25) is 15.9 Å². The molecule has 1 heterocycles. The predicted octanol–water partition coefficient (Wildman–Crippen LogP) is 2.26. The van der Waals surface area contributed by atoms with Crippen molar-refractivity contribution in [2.24, 2.45) is 5.73 Å². The van der Waals surface area contributed by atoms with Gasteiger partial charge in [-0.05, 0) is 40.6 Å². The Labute approximate surface area is 209 Å². The summed E-state index contributed by atoms with van der Waals surface area (Å²) in [5.41, 5.74) is 6.98. The minimum Gasteiger partial charge on any atom is -0.497 e. The number of carboxylic acids is 1. The van der Waals surface area contributed by atoms with Gasteiger partial charge in [0.1, 0.15) is 11.6 Å². The third kappa shape index (κ3) is 6.37. The number of carboxylic acid groups (broad SMARTS) is 1. The molecule has 0 saturated carbocycles. The van der Waals surface area contributed by atoms with E-state index in [1.54, 1.807) is 48.4 Å². The highest BCUT2D eigenvalue weighted by Crippen LogP contribution is 2.26. The van der Waals surface area contributed by atoms with E-state index in [4.69, 9.17) is 25.8 Å². The number of nitrogen functional groups attached to an aromatic ring is 1. The van der Waals surface area contributed by atoms with Gasteiger partial charge in [-0.25, -0.2) is 8.42 Å². The summed E-state index contributed by atoms with van der Waals surface area (Å²) in [4.78, 5) is 23.5. The minimum atomic E-state index is -3.80. The summed E-state index contributed by atoms with van der Waals surface area (Å²) in [6.07, 6.45) is 0. The molecule has 0 radical (unpaired) electrons. The lowest BCUT2D eigenvalue weighted by Crippen LogP contribution is -2.51. The second-order valence-electron chi connectivity index (χ2n) is 8.16. The molecule has 1 saturated heterocycles. The fourth-order valence-corrected chi connectivity index (χ4v) is 5.12. The summed E-state index contributed by atoms with van der Waals surface area (Å²) in [7, 11) is -2.22. The molecule has 0 spiro atoms. The van der Waals surface area contributed by atoms with E-state index < -0.39 is 16.0 Å². The normalized spacial score (nSPS) is 14.2. The largest absolute Gasteiger partial charge is 0.497 e. The van der Waals surface area contributed by atoms with Crippen molar-refractivity contribution in [2.75, 3.05) is 26.7 Å². The van der Waals surface area contributed by atoms with Gasteiger partial charge in [-0.3, -0.25) is 15.0 Å². The van der Waals surface area contributed by atoms with E-state index in [0.717, 1.165) is 23.3 Å². The van der Waals surface area contributed by atoms with Gasteiger partial charge in [0.05, 0.1) is 18.6 Å². The number of benzene rings is 3. The first kappa shape index (κ1) is 26.6. The van der Waals surface area contributed by atoms with Gasteiger partial charge in [-0.2, -0.15) is 4.31 Å². The molecule has 3 aromatic carbocycles. The van der Waals surface area contributed by atoms with Crippen molar-refractivity contribution in [1.29, 1.82) is 5.41 Å². The lowest BCUT2D eigenvalue weighted by Gasteiger charge is -2.33. The molecule has 190 valence electrons. The Kier molecular flexibility index (Phi) is 8.28. The SMILES string of the molecule is CC(=O)O.COc1ccc2cc(S(=O)(=O)N3CCN(Cc4ccc(C(=N)N)cc4)C(=O)C3)ccc2c1. The molecule has 4 N–H and O–H groups in total. The number of aliphatic carboxylic acids is 1. The summed E-state index contributed by atoms with van der Waals surface area (Å²) in [5, 5.41) is 16.5. The summed E-state index contributed by atoms with van der Waals surface area (Å²) < 4.78 is 32.8. The van der Waals surface area contributed by atoms with Crippen LogP contribution in [0.15, 0.2) is 65.6 Å². The highest BCUT2D eigenvalue weighted by atomic mass is 32.2. The number of amidine groups is 1. The Hall–Kier alpha value is -3.96. The van der Waals surface area contributed by atoms with E-state index in [9.17, 15) is 13.2 Å². The quantitative estimate of drug-likeness (QED) is 0.338. The maximum Gasteiger partial charge on any atom is 0.300 e. The van der Waals surface area contributed by atoms with Crippen molar-refractivity contribution >= 4 is 38.5 Å². The van der Waals surface area contributed by atoms with Gasteiger partial charge in [-0.1, -0.05) is 36.4 Å². The molecule has 0 atom stereocenters. The summed E-state index contributed by atoms with van der Waals surface area (Å²) in [6.45, 7) is 1.79. The molecule has 10 nitrogen and oxygen atoms in total. The zero-order valence-electron chi connectivity index (χ0n) is 20.0. The van der Waals surface area contributed by atoms with Crippen LogP contribution < -0.4 is 10.5 Å². The number of hydrogen-bond donors (Lipinski definition) is 3. The van der Waals surface area contributed by atoms with Crippen molar-refractivity contribution in [3.05, 3.63) is 71.8 Å². The molecule has 4 rings (SSSR count). The molecule has 3 aromatic rings. The molecule has 0 aromatic heterocycles. The standard InChI is InChI=1S/C23H24N4O4S.C2H4O2/c1-31-20-8-6-19-13-21(9-7-18(19)12-20)32(29,30)27-11-10-26(22(28)15-27)14-16-2-4-17(5-3-16)23(24)25;1-2(3)4/h2-9,12-13H,10-11,14-15H2,1H3,(H3,24,25);1H3,(H,3,4). The molecular formula is C25H28N4O6S. The minimum absolute atomic E-state index is 0.0146. The number of rotatable bonds is 6. The van der Waals surface area contributed by atoms with E-state index in [1.807, 2.05) is 24.3 Å². The third-order valence-electron chi connectivity index (χ3n) is 5.58. The Balaban J connectivity index is 0.000000840. The average Bonchev–Trinajstić information content (AvgIpc) is 2.84. The number of amides is 1. The number of methoxy groups -OCH3 is 1. The molecule has 36 heavy (non-hydrogen) atoms. The predicted molar refractivity (Wildman–Crippen MR) is 135 cm³/mol. The van der Waals surface area contributed by atoms with E-state index in [-0.39, 0.29) is 29.7 Å². The number of piperazine rings is 1. The van der Waals surface area contributed by atoms with Crippen molar-refractivity contribution in [2.45, 2.75) is 18.4 Å². The van der Waals surface area contributed by atoms with Gasteiger partial charge < -0.3 is 20.5 Å². The molecule has 0 unspecified atom stereocenters. The fourth-order valence-electron chi connectivity index (χ4n) is 3.71. The Morgan fingerprint density at radius 1 is 1.06 bits per heavy atom. The topological polar surface area (TPSA) is 154 Å². The van der Waals surface area contributed by atoms with Gasteiger partial charge >= 0.3 is 0 Å². The number of nitrogens with one attached hydrogen (secondary N) is 1. The highest BCUT2D eigenvalue weighted by Gasteiger charge is 2.33. The second-order valence-corrected chi connectivity index (χ2v) is 10.1. The third-order valence-corrected chi connectivity index (χ3v) is 7.42. The number of nitrogens with zero attached hydrogens (tertiary/aromatic N) is 2. The first-order valence-electron chi connectivity index (χ1n) is 11.0. The molecule has 1 fully saturated rings. The van der Waals surface area contributed by atoms with Crippen molar-refractivity contribution < 1.29 is 27.9 Å². The zero-order valence-corrected chi connectivity index (χ0v) is 20.8. The summed E-state index contributed by atoms with van der Waals surface area (Å²) >= 11 is 0. The van der Waals surface area contributed by atoms with Crippen molar-refractivity contribution in [3.8, 4) is 5.75 Å². The van der Waals surface area contributed by atoms with E-state index in [1.165, 1.54) is 4.31 Å². The molecule has 1 aliphatic rings. The van der Waals surface area contributed by atoms with Crippen LogP contribution >= 0.6 is 0 Å². The van der Waals surface area contributed by atoms with E-state index in [0.29, 0.717) is 24.4 Å². The smallest absolute Gasteiger partial charge is 0.300 e. The average molecular weight is 513 g/mol. The monoisotopic (exact) mass is 512 g/mol. The lowest BCUT2D eigenvalue weighted by molar-refractivity contribution is -0.135. The first-order valence-corrected chi connectivity index (χ1v) is 12.4. The van der Waals surface area contributed by atoms with Crippen LogP contribution in [-0.4, -0.2) is 67.2 Å². The number of fused-ring (bicyclic) bond motifs is 1. The van der Waals surface area contributed by atoms with Crippen LogP contribution in [0.25, 0.3) is 10.8 Å². The Morgan fingerprint density at radius 3 is 2.25 bits per heavy atom. The van der Waals surface area contributed by atoms with Crippen LogP contribution in [-0.2, 0) is 26.2 Å². The van der Waals surface area contributed by atoms with E-state index >= 15 is 0 Å². The number of carbonyl (C=O) groups excluding carboxylic acids is 1. The number of sulfonamides is 1. The number of nitrogens with two attached hydrogens (primary N) is 1. The Morgan fingerprint density at radius 2 is 1.67 bits per heavy atom. The molecule has 1 aliphatic heterocycles. The van der Waals surface area contributed by atoms with Gasteiger partial charge in [-0.15, -0.1) is 0 Å². The van der Waals surface area contributed by atoms with E-state index in [2.05, 4.69) is 0 Å². The summed E-state index contributed by atoms with van der Waals surface area (Å²) in [5.74, 6) is -0.397. The van der Waals surface area contributed by atoms with Gasteiger partial charge in [0.15, 0.2) is 0 Å². The van der Waals surface area contributed by atoms with Crippen LogP contribution in [0.1, 0.15) is 18.1 Å². The van der Waals surface area contributed by atoms with Gasteiger partial charge in [0.25, 0.3) is 5.97 Å². The van der Waals surface area contributed by atoms with Crippen LogP contribution in [0.5, 0.6) is 5.75 Å². The molecule has 11 heteroatoms. The second kappa shape index (κ2) is 11.2. The number of ether oxygens (including phenoxy) is 1. The van der Waals surface area contributed by atoms with Crippen LogP contribution in [0.4, 0.5) is 0 Å². The van der Waals surface area contributed by atoms with Crippen LogP contribution in [0, 0.1) is 5.41 Å². The molecule has 0 bridgehead atoms. The lowest BCUT2D eigenvalue weighted by atomic mass is 10.1.